The highest BCUT2D eigenvalue weighted by atomic mass is 35.5. The monoisotopic (exact) mass is 314 g/mol. The third-order valence-corrected chi connectivity index (χ3v) is 3.66. The first-order valence-corrected chi connectivity index (χ1v) is 7.32. The summed E-state index contributed by atoms with van der Waals surface area (Å²) in [6, 6.07) is 11.1. The van der Waals surface area contributed by atoms with Crippen molar-refractivity contribution >= 4 is 28.5 Å². The third-order valence-electron chi connectivity index (χ3n) is 3.42. The number of amides is 1. The molecule has 3 rings (SSSR count). The number of hydrogen-bond donors (Lipinski definition) is 1. The second-order valence-corrected chi connectivity index (χ2v) is 5.48. The molecule has 2 heterocycles. The summed E-state index contributed by atoms with van der Waals surface area (Å²) in [6.07, 6.45) is 2.45. The summed E-state index contributed by atoms with van der Waals surface area (Å²) in [5.74, 6) is 0.170. The Labute approximate surface area is 133 Å². The van der Waals surface area contributed by atoms with E-state index in [9.17, 15) is 4.79 Å². The second-order valence-electron chi connectivity index (χ2n) is 5.04. The van der Waals surface area contributed by atoms with Crippen LogP contribution in [0.2, 0.25) is 5.02 Å². The Bertz CT molecular complexity index is 800. The van der Waals surface area contributed by atoms with E-state index in [2.05, 4.69) is 15.0 Å². The van der Waals surface area contributed by atoms with Crippen LogP contribution in [0.15, 0.2) is 42.6 Å². The van der Waals surface area contributed by atoms with Gasteiger partial charge in [0, 0.05) is 36.9 Å². The summed E-state index contributed by atoms with van der Waals surface area (Å²) in [7, 11) is 1.76. The number of rotatable bonds is 4. The Kier molecular flexibility index (Phi) is 4.06. The van der Waals surface area contributed by atoms with Crippen LogP contribution in [-0.2, 0) is 6.42 Å². The van der Waals surface area contributed by atoms with E-state index in [-0.39, 0.29) is 5.91 Å². The predicted octanol–water partition coefficient (Wildman–Crippen LogP) is 2.93. The van der Waals surface area contributed by atoms with E-state index in [0.717, 1.165) is 16.7 Å². The van der Waals surface area contributed by atoms with E-state index in [1.54, 1.807) is 36.3 Å². The lowest BCUT2D eigenvalue weighted by molar-refractivity contribution is 0.0786. The van der Waals surface area contributed by atoms with Crippen molar-refractivity contribution in [3.8, 4) is 0 Å². The number of nitrogens with one attached hydrogen (secondary N) is 1. The van der Waals surface area contributed by atoms with Crippen LogP contribution in [0, 0.1) is 0 Å². The lowest BCUT2D eigenvalue weighted by Crippen LogP contribution is -2.29. The molecular formula is C16H15ClN4O. The quantitative estimate of drug-likeness (QED) is 0.805. The molecule has 0 spiro atoms. The van der Waals surface area contributed by atoms with Crippen molar-refractivity contribution in [2.24, 2.45) is 0 Å². The largest absolute Gasteiger partial charge is 0.339 e. The molecule has 0 unspecified atom stereocenters. The van der Waals surface area contributed by atoms with Crippen LogP contribution < -0.4 is 0 Å². The SMILES string of the molecule is CN(CCc1ccccn1)C(=O)c1nc2ccc(Cl)cc2[nH]1. The number of carbonyl (C=O) groups is 1. The molecular weight excluding hydrogens is 300 g/mol. The molecule has 0 aliphatic carbocycles. The highest BCUT2D eigenvalue weighted by Crippen LogP contribution is 2.17. The van der Waals surface area contributed by atoms with E-state index in [1.165, 1.54) is 0 Å². The van der Waals surface area contributed by atoms with Gasteiger partial charge in [-0.25, -0.2) is 4.98 Å². The standard InChI is InChI=1S/C16H15ClN4O/c1-21(9-7-12-4-2-3-8-18-12)16(22)15-19-13-6-5-11(17)10-14(13)20-15/h2-6,8,10H,7,9H2,1H3,(H,19,20). The van der Waals surface area contributed by atoms with E-state index in [1.807, 2.05) is 18.2 Å². The summed E-state index contributed by atoms with van der Waals surface area (Å²) in [5.41, 5.74) is 2.44. The molecule has 1 aromatic carbocycles. The first-order chi connectivity index (χ1) is 10.6. The van der Waals surface area contributed by atoms with Gasteiger partial charge < -0.3 is 9.88 Å². The van der Waals surface area contributed by atoms with Crippen molar-refractivity contribution in [3.63, 3.8) is 0 Å². The summed E-state index contributed by atoms with van der Waals surface area (Å²) >= 11 is 5.94. The topological polar surface area (TPSA) is 61.9 Å². The number of imidazole rings is 1. The fraction of sp³-hybridized carbons (Fsp3) is 0.188. The maximum Gasteiger partial charge on any atom is 0.289 e. The van der Waals surface area contributed by atoms with Gasteiger partial charge in [0.25, 0.3) is 5.91 Å². The van der Waals surface area contributed by atoms with E-state index in [0.29, 0.717) is 23.8 Å². The summed E-state index contributed by atoms with van der Waals surface area (Å²) in [4.78, 5) is 25.6. The van der Waals surface area contributed by atoms with Crippen LogP contribution in [0.3, 0.4) is 0 Å². The minimum atomic E-state index is -0.150. The van der Waals surface area contributed by atoms with Crippen molar-refractivity contribution in [1.82, 2.24) is 19.9 Å². The normalized spacial score (nSPS) is 10.8. The van der Waals surface area contributed by atoms with Crippen LogP contribution in [0.5, 0.6) is 0 Å². The molecule has 0 saturated carbocycles. The molecule has 3 aromatic rings. The van der Waals surface area contributed by atoms with Crippen LogP contribution >= 0.6 is 11.6 Å². The van der Waals surface area contributed by atoms with Gasteiger partial charge >= 0.3 is 0 Å². The van der Waals surface area contributed by atoms with Gasteiger partial charge in [-0.3, -0.25) is 9.78 Å². The number of H-pyrrole nitrogens is 1. The summed E-state index contributed by atoms with van der Waals surface area (Å²) in [6.45, 7) is 0.577. The van der Waals surface area contributed by atoms with Gasteiger partial charge in [0.1, 0.15) is 0 Å². The Morgan fingerprint density at radius 3 is 2.95 bits per heavy atom. The molecule has 6 heteroatoms. The van der Waals surface area contributed by atoms with Crippen molar-refractivity contribution in [3.05, 3.63) is 59.1 Å². The maximum absolute atomic E-state index is 12.4. The molecule has 0 radical (unpaired) electrons. The zero-order chi connectivity index (χ0) is 15.5. The molecule has 0 aliphatic heterocycles. The average Bonchev–Trinajstić information content (AvgIpc) is 2.95. The first kappa shape index (κ1) is 14.5. The van der Waals surface area contributed by atoms with Gasteiger partial charge in [-0.2, -0.15) is 0 Å². The van der Waals surface area contributed by atoms with Gasteiger partial charge in [0.05, 0.1) is 11.0 Å². The number of aromatic nitrogens is 3. The molecule has 5 nitrogen and oxygen atoms in total. The summed E-state index contributed by atoms with van der Waals surface area (Å²) in [5, 5.41) is 0.610. The van der Waals surface area contributed by atoms with Crippen molar-refractivity contribution < 1.29 is 4.79 Å². The molecule has 0 atom stereocenters. The lowest BCUT2D eigenvalue weighted by atomic mass is 10.2. The average molecular weight is 315 g/mol. The summed E-state index contributed by atoms with van der Waals surface area (Å²) < 4.78 is 0. The first-order valence-electron chi connectivity index (χ1n) is 6.94. The maximum atomic E-state index is 12.4. The number of hydrogen-bond acceptors (Lipinski definition) is 3. The highest BCUT2D eigenvalue weighted by Gasteiger charge is 2.16. The molecule has 2 aromatic heterocycles. The van der Waals surface area contributed by atoms with Gasteiger partial charge in [0.15, 0.2) is 5.82 Å². The third kappa shape index (κ3) is 3.09. The molecule has 0 aliphatic rings. The molecule has 112 valence electrons. The minimum Gasteiger partial charge on any atom is -0.339 e. The van der Waals surface area contributed by atoms with Crippen molar-refractivity contribution in [2.75, 3.05) is 13.6 Å². The molecule has 0 bridgehead atoms. The van der Waals surface area contributed by atoms with Gasteiger partial charge in [0.2, 0.25) is 0 Å². The Balaban J connectivity index is 1.71. The smallest absolute Gasteiger partial charge is 0.289 e. The molecule has 22 heavy (non-hydrogen) atoms. The fourth-order valence-corrected chi connectivity index (χ4v) is 2.37. The number of halogens is 1. The fourth-order valence-electron chi connectivity index (χ4n) is 2.19. The van der Waals surface area contributed by atoms with Crippen molar-refractivity contribution in [1.29, 1.82) is 0 Å². The number of carbonyl (C=O) groups excluding carboxylic acids is 1. The lowest BCUT2D eigenvalue weighted by Gasteiger charge is -2.15. The number of fused-ring (bicyclic) bond motifs is 1. The van der Waals surface area contributed by atoms with Crippen molar-refractivity contribution in [2.45, 2.75) is 6.42 Å². The minimum absolute atomic E-state index is 0.150. The van der Waals surface area contributed by atoms with E-state index in [4.69, 9.17) is 11.6 Å². The Morgan fingerprint density at radius 2 is 2.18 bits per heavy atom. The number of aromatic amines is 1. The number of nitrogens with zero attached hydrogens (tertiary/aromatic N) is 3. The van der Waals surface area contributed by atoms with E-state index >= 15 is 0 Å². The number of benzene rings is 1. The highest BCUT2D eigenvalue weighted by molar-refractivity contribution is 6.31. The van der Waals surface area contributed by atoms with Crippen LogP contribution in [0.4, 0.5) is 0 Å². The molecule has 0 fully saturated rings. The van der Waals surface area contributed by atoms with Gasteiger partial charge in [-0.1, -0.05) is 17.7 Å². The Hall–Kier alpha value is -2.40. The van der Waals surface area contributed by atoms with E-state index < -0.39 is 0 Å². The molecule has 1 amide bonds. The number of likely N-dealkylation sites (N-methyl/N-ethyl adjacent to an activating group) is 1. The van der Waals surface area contributed by atoms with Crippen LogP contribution in [0.1, 0.15) is 16.3 Å². The van der Waals surface area contributed by atoms with Gasteiger partial charge in [-0.15, -0.1) is 0 Å². The van der Waals surface area contributed by atoms with Gasteiger partial charge in [-0.05, 0) is 30.3 Å². The van der Waals surface area contributed by atoms with Crippen LogP contribution in [-0.4, -0.2) is 39.4 Å². The predicted molar refractivity (Wildman–Crippen MR) is 86.0 cm³/mol. The second kappa shape index (κ2) is 6.15. The molecule has 0 saturated heterocycles. The molecule has 1 N–H and O–H groups in total. The zero-order valence-electron chi connectivity index (χ0n) is 12.1. The zero-order valence-corrected chi connectivity index (χ0v) is 12.8. The number of pyridine rings is 1. The van der Waals surface area contributed by atoms with Crippen LogP contribution in [0.25, 0.3) is 11.0 Å². The Morgan fingerprint density at radius 1 is 1.32 bits per heavy atom.